The molecule has 1 saturated carbocycles. The van der Waals surface area contributed by atoms with Gasteiger partial charge in [-0.3, -0.25) is 9.59 Å². The van der Waals surface area contributed by atoms with Gasteiger partial charge in [0.15, 0.2) is 0 Å². The van der Waals surface area contributed by atoms with Crippen LogP contribution in [0.1, 0.15) is 36.0 Å². The highest BCUT2D eigenvalue weighted by molar-refractivity contribution is 5.94. The molecular formula is C17H21F2N3O2. The first-order valence-electron chi connectivity index (χ1n) is 8.23. The van der Waals surface area contributed by atoms with Crippen LogP contribution in [0.3, 0.4) is 0 Å². The average Bonchev–Trinajstić information content (AvgIpc) is 3.02. The number of halogens is 2. The molecule has 5 nitrogen and oxygen atoms in total. The quantitative estimate of drug-likeness (QED) is 0.890. The molecule has 0 radical (unpaired) electrons. The summed E-state index contributed by atoms with van der Waals surface area (Å²) in [5.74, 6) is -2.13. The lowest BCUT2D eigenvalue weighted by Crippen LogP contribution is -2.59. The summed E-state index contributed by atoms with van der Waals surface area (Å²) in [6, 6.07) is 2.91. The van der Waals surface area contributed by atoms with Crippen LogP contribution >= 0.6 is 0 Å². The molecule has 130 valence electrons. The molecule has 0 spiro atoms. The summed E-state index contributed by atoms with van der Waals surface area (Å²) in [5.41, 5.74) is 5.28. The molecule has 0 atom stereocenters. The predicted octanol–water partition coefficient (Wildman–Crippen LogP) is 1.52. The zero-order valence-electron chi connectivity index (χ0n) is 13.4. The Balaban J connectivity index is 1.62. The number of nitrogens with two attached hydrogens (primary N) is 1. The monoisotopic (exact) mass is 337 g/mol. The van der Waals surface area contributed by atoms with Crippen molar-refractivity contribution >= 4 is 11.8 Å². The lowest BCUT2D eigenvalue weighted by atomic mass is 9.97. The van der Waals surface area contributed by atoms with Crippen LogP contribution in [0.2, 0.25) is 0 Å². The summed E-state index contributed by atoms with van der Waals surface area (Å²) in [5, 5.41) is 0. The first-order valence-corrected chi connectivity index (χ1v) is 8.23. The Morgan fingerprint density at radius 2 is 1.58 bits per heavy atom. The largest absolute Gasteiger partial charge is 0.338 e. The van der Waals surface area contributed by atoms with E-state index in [1.807, 2.05) is 0 Å². The average molecular weight is 337 g/mol. The summed E-state index contributed by atoms with van der Waals surface area (Å²) in [4.78, 5) is 28.1. The summed E-state index contributed by atoms with van der Waals surface area (Å²) < 4.78 is 26.7. The summed E-state index contributed by atoms with van der Waals surface area (Å²) >= 11 is 0. The lowest BCUT2D eigenvalue weighted by molar-refractivity contribution is -0.138. The van der Waals surface area contributed by atoms with Gasteiger partial charge in [-0.1, -0.05) is 12.8 Å². The van der Waals surface area contributed by atoms with Gasteiger partial charge in [0, 0.05) is 32.2 Å². The Bertz CT molecular complexity index is 651. The van der Waals surface area contributed by atoms with E-state index >= 15 is 0 Å². The molecule has 1 saturated heterocycles. The number of benzene rings is 1. The van der Waals surface area contributed by atoms with E-state index in [0.717, 1.165) is 25.0 Å². The van der Waals surface area contributed by atoms with Gasteiger partial charge in [-0.25, -0.2) is 8.78 Å². The van der Waals surface area contributed by atoms with E-state index in [2.05, 4.69) is 0 Å². The normalized spacial score (nSPS) is 20.3. The van der Waals surface area contributed by atoms with Crippen molar-refractivity contribution in [1.82, 2.24) is 9.80 Å². The van der Waals surface area contributed by atoms with Crippen molar-refractivity contribution in [3.63, 3.8) is 0 Å². The van der Waals surface area contributed by atoms with Crippen molar-refractivity contribution in [2.24, 2.45) is 5.73 Å². The second-order valence-electron chi connectivity index (χ2n) is 6.57. The third kappa shape index (κ3) is 3.13. The number of amides is 2. The number of nitrogens with zero attached hydrogens (tertiary/aromatic N) is 2. The minimum atomic E-state index is -0.870. The Morgan fingerprint density at radius 1 is 1.00 bits per heavy atom. The zero-order chi connectivity index (χ0) is 17.3. The van der Waals surface area contributed by atoms with Gasteiger partial charge < -0.3 is 15.5 Å². The highest BCUT2D eigenvalue weighted by atomic mass is 19.1. The molecule has 7 heteroatoms. The Kier molecular flexibility index (Phi) is 4.54. The zero-order valence-corrected chi connectivity index (χ0v) is 13.4. The molecule has 1 aliphatic heterocycles. The van der Waals surface area contributed by atoms with Crippen molar-refractivity contribution in [2.75, 3.05) is 26.2 Å². The second-order valence-corrected chi connectivity index (χ2v) is 6.57. The molecule has 0 unspecified atom stereocenters. The van der Waals surface area contributed by atoms with E-state index < -0.39 is 23.1 Å². The van der Waals surface area contributed by atoms with E-state index in [9.17, 15) is 18.4 Å². The molecule has 1 aliphatic carbocycles. The standard InChI is InChI=1S/C17H21F2N3O2/c18-12-3-4-13(14(19)11-12)15(23)21-7-9-22(10-8-21)16(24)17(20)5-1-2-6-17/h3-4,11H,1-2,5-10,20H2. The minimum absolute atomic E-state index is 0.0555. The van der Waals surface area contributed by atoms with Gasteiger partial charge in [-0.2, -0.15) is 0 Å². The van der Waals surface area contributed by atoms with Crippen molar-refractivity contribution in [3.05, 3.63) is 35.4 Å². The Labute approximate surface area is 139 Å². The van der Waals surface area contributed by atoms with Crippen LogP contribution in [-0.4, -0.2) is 53.3 Å². The van der Waals surface area contributed by atoms with E-state index in [1.165, 1.54) is 4.90 Å². The summed E-state index contributed by atoms with van der Waals surface area (Å²) in [6.07, 6.45) is 3.33. The maximum atomic E-state index is 13.7. The van der Waals surface area contributed by atoms with Crippen molar-refractivity contribution in [2.45, 2.75) is 31.2 Å². The van der Waals surface area contributed by atoms with Gasteiger partial charge in [-0.15, -0.1) is 0 Å². The fourth-order valence-corrected chi connectivity index (χ4v) is 3.48. The third-order valence-electron chi connectivity index (χ3n) is 4.94. The molecule has 3 rings (SSSR count). The lowest BCUT2D eigenvalue weighted by Gasteiger charge is -2.38. The number of hydrogen-bond donors (Lipinski definition) is 1. The van der Waals surface area contributed by atoms with Crippen LogP contribution < -0.4 is 5.73 Å². The molecule has 24 heavy (non-hydrogen) atoms. The SMILES string of the molecule is NC1(C(=O)N2CCN(C(=O)c3ccc(F)cc3F)CC2)CCCC1. The van der Waals surface area contributed by atoms with Gasteiger partial charge in [0.1, 0.15) is 11.6 Å². The molecule has 1 aromatic rings. The predicted molar refractivity (Wildman–Crippen MR) is 84.2 cm³/mol. The summed E-state index contributed by atoms with van der Waals surface area (Å²) in [7, 11) is 0. The number of piperazine rings is 1. The molecule has 0 bridgehead atoms. The van der Waals surface area contributed by atoms with Gasteiger partial charge in [-0.05, 0) is 25.0 Å². The van der Waals surface area contributed by atoms with Gasteiger partial charge in [0.05, 0.1) is 11.1 Å². The number of hydrogen-bond acceptors (Lipinski definition) is 3. The van der Waals surface area contributed by atoms with Gasteiger partial charge in [0.2, 0.25) is 5.91 Å². The van der Waals surface area contributed by atoms with E-state index in [-0.39, 0.29) is 11.5 Å². The first-order chi connectivity index (χ1) is 11.4. The topological polar surface area (TPSA) is 66.6 Å². The first kappa shape index (κ1) is 16.8. The molecular weight excluding hydrogens is 316 g/mol. The highest BCUT2D eigenvalue weighted by Crippen LogP contribution is 2.29. The summed E-state index contributed by atoms with van der Waals surface area (Å²) in [6.45, 7) is 1.40. The molecule has 0 aromatic heterocycles. The Morgan fingerprint density at radius 3 is 2.17 bits per heavy atom. The van der Waals surface area contributed by atoms with Crippen LogP contribution in [-0.2, 0) is 4.79 Å². The van der Waals surface area contributed by atoms with E-state index in [1.54, 1.807) is 4.90 Å². The molecule has 1 aromatic carbocycles. The van der Waals surface area contributed by atoms with Gasteiger partial charge >= 0.3 is 0 Å². The molecule has 2 amide bonds. The Hall–Kier alpha value is -2.02. The molecule has 1 heterocycles. The van der Waals surface area contributed by atoms with Crippen LogP contribution in [0.15, 0.2) is 18.2 Å². The molecule has 2 aliphatic rings. The van der Waals surface area contributed by atoms with Crippen molar-refractivity contribution in [1.29, 1.82) is 0 Å². The second kappa shape index (κ2) is 6.47. The van der Waals surface area contributed by atoms with E-state index in [4.69, 9.17) is 5.73 Å². The minimum Gasteiger partial charge on any atom is -0.338 e. The number of rotatable bonds is 2. The molecule has 2 N–H and O–H groups in total. The van der Waals surface area contributed by atoms with Crippen LogP contribution in [0.5, 0.6) is 0 Å². The van der Waals surface area contributed by atoms with Crippen LogP contribution in [0.4, 0.5) is 8.78 Å². The van der Waals surface area contributed by atoms with E-state index in [0.29, 0.717) is 45.1 Å². The smallest absolute Gasteiger partial charge is 0.256 e. The molecule has 2 fully saturated rings. The van der Waals surface area contributed by atoms with Crippen LogP contribution in [0, 0.1) is 11.6 Å². The van der Waals surface area contributed by atoms with Gasteiger partial charge in [0.25, 0.3) is 5.91 Å². The fourth-order valence-electron chi connectivity index (χ4n) is 3.48. The van der Waals surface area contributed by atoms with Crippen molar-refractivity contribution < 1.29 is 18.4 Å². The van der Waals surface area contributed by atoms with Crippen LogP contribution in [0.25, 0.3) is 0 Å². The highest BCUT2D eigenvalue weighted by Gasteiger charge is 2.40. The fraction of sp³-hybridized carbons (Fsp3) is 0.529. The third-order valence-corrected chi connectivity index (χ3v) is 4.94. The van der Waals surface area contributed by atoms with Crippen molar-refractivity contribution in [3.8, 4) is 0 Å². The number of carbonyl (C=O) groups excluding carboxylic acids is 2. The maximum absolute atomic E-state index is 13.7. The number of carbonyl (C=O) groups is 2. The maximum Gasteiger partial charge on any atom is 0.256 e.